The highest BCUT2D eigenvalue weighted by molar-refractivity contribution is 6.30. The Morgan fingerprint density at radius 3 is 2.86 bits per heavy atom. The molecule has 3 rings (SSSR count). The first-order chi connectivity index (χ1) is 10.1. The normalized spacial score (nSPS) is 20.6. The lowest BCUT2D eigenvalue weighted by atomic mass is 9.93. The van der Waals surface area contributed by atoms with Gasteiger partial charge in [-0.2, -0.15) is 0 Å². The topological polar surface area (TPSA) is 44.5 Å². The summed E-state index contributed by atoms with van der Waals surface area (Å²) in [6.07, 6.45) is 0.0387. The van der Waals surface area contributed by atoms with Crippen molar-refractivity contribution in [3.05, 3.63) is 58.4 Å². The molecule has 5 heteroatoms. The SMILES string of the molecule is COc1ccc2c(c1)[C@H](N)CC(c1cccc(Cl)c1F)O2. The number of hydrogen-bond donors (Lipinski definition) is 1. The minimum Gasteiger partial charge on any atom is -0.497 e. The molecular weight excluding hydrogens is 293 g/mol. The summed E-state index contributed by atoms with van der Waals surface area (Å²) >= 11 is 5.83. The summed E-state index contributed by atoms with van der Waals surface area (Å²) in [5.74, 6) is 0.924. The monoisotopic (exact) mass is 307 g/mol. The lowest BCUT2D eigenvalue weighted by Crippen LogP contribution is -2.24. The van der Waals surface area contributed by atoms with E-state index in [9.17, 15) is 4.39 Å². The van der Waals surface area contributed by atoms with Crippen LogP contribution < -0.4 is 15.2 Å². The summed E-state index contributed by atoms with van der Waals surface area (Å²) in [6.45, 7) is 0. The van der Waals surface area contributed by atoms with Crippen LogP contribution in [0.1, 0.15) is 29.7 Å². The maximum Gasteiger partial charge on any atom is 0.148 e. The predicted molar refractivity (Wildman–Crippen MR) is 79.3 cm³/mol. The summed E-state index contributed by atoms with van der Waals surface area (Å²) in [7, 11) is 1.60. The van der Waals surface area contributed by atoms with Crippen molar-refractivity contribution in [1.29, 1.82) is 0 Å². The molecule has 0 radical (unpaired) electrons. The van der Waals surface area contributed by atoms with Gasteiger partial charge in [-0.25, -0.2) is 4.39 Å². The lowest BCUT2D eigenvalue weighted by Gasteiger charge is -2.31. The molecule has 1 unspecified atom stereocenters. The first-order valence-electron chi connectivity index (χ1n) is 6.64. The van der Waals surface area contributed by atoms with E-state index in [4.69, 9.17) is 26.8 Å². The zero-order chi connectivity index (χ0) is 15.0. The van der Waals surface area contributed by atoms with Gasteiger partial charge in [-0.1, -0.05) is 23.7 Å². The fourth-order valence-corrected chi connectivity index (χ4v) is 2.75. The number of hydrogen-bond acceptors (Lipinski definition) is 3. The van der Waals surface area contributed by atoms with E-state index in [-0.39, 0.29) is 11.1 Å². The van der Waals surface area contributed by atoms with E-state index in [1.54, 1.807) is 31.4 Å². The summed E-state index contributed by atoms with van der Waals surface area (Å²) < 4.78 is 25.2. The van der Waals surface area contributed by atoms with Crippen molar-refractivity contribution in [2.75, 3.05) is 7.11 Å². The molecule has 2 aromatic rings. The Morgan fingerprint density at radius 2 is 2.10 bits per heavy atom. The van der Waals surface area contributed by atoms with Crippen molar-refractivity contribution in [3.8, 4) is 11.5 Å². The van der Waals surface area contributed by atoms with Crippen molar-refractivity contribution >= 4 is 11.6 Å². The van der Waals surface area contributed by atoms with Crippen LogP contribution >= 0.6 is 11.6 Å². The third-order valence-electron chi connectivity index (χ3n) is 3.68. The predicted octanol–water partition coefficient (Wildman–Crippen LogP) is 4.01. The lowest BCUT2D eigenvalue weighted by molar-refractivity contribution is 0.157. The van der Waals surface area contributed by atoms with Gasteiger partial charge in [0.2, 0.25) is 0 Å². The number of ether oxygens (including phenoxy) is 2. The van der Waals surface area contributed by atoms with Crippen LogP contribution in [0, 0.1) is 5.82 Å². The Kier molecular flexibility index (Phi) is 3.74. The summed E-state index contributed by atoms with van der Waals surface area (Å²) in [5, 5.41) is 0.0881. The van der Waals surface area contributed by atoms with Gasteiger partial charge < -0.3 is 15.2 Å². The maximum absolute atomic E-state index is 14.1. The quantitative estimate of drug-likeness (QED) is 0.911. The second-order valence-electron chi connectivity index (χ2n) is 5.00. The van der Waals surface area contributed by atoms with Gasteiger partial charge in [0.25, 0.3) is 0 Å². The van der Waals surface area contributed by atoms with E-state index in [1.165, 1.54) is 6.07 Å². The molecule has 3 nitrogen and oxygen atoms in total. The summed E-state index contributed by atoms with van der Waals surface area (Å²) in [4.78, 5) is 0. The molecule has 110 valence electrons. The molecule has 0 spiro atoms. The number of rotatable bonds is 2. The smallest absolute Gasteiger partial charge is 0.148 e. The van der Waals surface area contributed by atoms with Crippen LogP contribution in [-0.4, -0.2) is 7.11 Å². The van der Waals surface area contributed by atoms with Gasteiger partial charge in [0, 0.05) is 23.6 Å². The minimum absolute atomic E-state index is 0.0881. The number of benzene rings is 2. The van der Waals surface area contributed by atoms with E-state index in [0.29, 0.717) is 17.7 Å². The van der Waals surface area contributed by atoms with Crippen LogP contribution in [0.3, 0.4) is 0 Å². The van der Waals surface area contributed by atoms with Gasteiger partial charge >= 0.3 is 0 Å². The van der Waals surface area contributed by atoms with Crippen LogP contribution in [0.5, 0.6) is 11.5 Å². The van der Waals surface area contributed by atoms with E-state index < -0.39 is 11.9 Å². The van der Waals surface area contributed by atoms with Gasteiger partial charge in [-0.15, -0.1) is 0 Å². The largest absolute Gasteiger partial charge is 0.497 e. The van der Waals surface area contributed by atoms with E-state index in [1.807, 2.05) is 6.07 Å². The van der Waals surface area contributed by atoms with Crippen molar-refractivity contribution in [1.82, 2.24) is 0 Å². The molecule has 1 heterocycles. The number of methoxy groups -OCH3 is 1. The molecule has 1 aliphatic heterocycles. The molecule has 2 atom stereocenters. The number of halogens is 2. The van der Waals surface area contributed by atoms with Crippen LogP contribution in [-0.2, 0) is 0 Å². The molecule has 0 fully saturated rings. The molecule has 2 aromatic carbocycles. The van der Waals surface area contributed by atoms with Gasteiger partial charge in [-0.05, 0) is 24.3 Å². The minimum atomic E-state index is -0.451. The Balaban J connectivity index is 1.97. The molecule has 0 bridgehead atoms. The molecule has 0 aliphatic carbocycles. The van der Waals surface area contributed by atoms with E-state index in [2.05, 4.69) is 0 Å². The molecule has 21 heavy (non-hydrogen) atoms. The second kappa shape index (κ2) is 5.54. The highest BCUT2D eigenvalue weighted by Crippen LogP contribution is 2.42. The van der Waals surface area contributed by atoms with Crippen molar-refractivity contribution in [2.45, 2.75) is 18.6 Å². The second-order valence-corrected chi connectivity index (χ2v) is 5.40. The molecular formula is C16H15ClFNO2. The van der Waals surface area contributed by atoms with Gasteiger partial charge in [-0.3, -0.25) is 0 Å². The van der Waals surface area contributed by atoms with Gasteiger partial charge in [0.15, 0.2) is 0 Å². The number of fused-ring (bicyclic) bond motifs is 1. The molecule has 0 amide bonds. The third-order valence-corrected chi connectivity index (χ3v) is 3.97. The van der Waals surface area contributed by atoms with Crippen molar-refractivity contribution in [3.63, 3.8) is 0 Å². The summed E-state index contributed by atoms with van der Waals surface area (Å²) in [6, 6.07) is 10.1. The average Bonchev–Trinajstić information content (AvgIpc) is 2.49. The molecule has 2 N–H and O–H groups in total. The first-order valence-corrected chi connectivity index (χ1v) is 7.02. The molecule has 0 saturated heterocycles. The zero-order valence-electron chi connectivity index (χ0n) is 11.5. The molecule has 0 aromatic heterocycles. The van der Waals surface area contributed by atoms with Crippen LogP contribution in [0.4, 0.5) is 4.39 Å². The van der Waals surface area contributed by atoms with Gasteiger partial charge in [0.05, 0.1) is 12.1 Å². The van der Waals surface area contributed by atoms with Crippen LogP contribution in [0.2, 0.25) is 5.02 Å². The van der Waals surface area contributed by atoms with Crippen molar-refractivity contribution in [2.24, 2.45) is 5.73 Å². The fourth-order valence-electron chi connectivity index (χ4n) is 2.57. The van der Waals surface area contributed by atoms with E-state index in [0.717, 1.165) is 11.3 Å². The first kappa shape index (κ1) is 14.2. The summed E-state index contributed by atoms with van der Waals surface area (Å²) in [5.41, 5.74) is 7.49. The Bertz CT molecular complexity index is 677. The highest BCUT2D eigenvalue weighted by atomic mass is 35.5. The highest BCUT2D eigenvalue weighted by Gasteiger charge is 2.29. The average molecular weight is 308 g/mol. The van der Waals surface area contributed by atoms with Crippen LogP contribution in [0.25, 0.3) is 0 Å². The van der Waals surface area contributed by atoms with Gasteiger partial charge in [0.1, 0.15) is 23.4 Å². The van der Waals surface area contributed by atoms with Crippen LogP contribution in [0.15, 0.2) is 36.4 Å². The van der Waals surface area contributed by atoms with Crippen molar-refractivity contribution < 1.29 is 13.9 Å². The number of nitrogens with two attached hydrogens (primary N) is 1. The molecule has 0 saturated carbocycles. The van der Waals surface area contributed by atoms with E-state index >= 15 is 0 Å². The molecule has 1 aliphatic rings. The Labute approximate surface area is 127 Å². The Morgan fingerprint density at radius 1 is 1.29 bits per heavy atom. The Hall–Kier alpha value is -1.78. The maximum atomic E-state index is 14.1. The standard InChI is InChI=1S/C16H15ClFNO2/c1-20-9-5-6-14-11(7-9)13(19)8-15(21-14)10-3-2-4-12(17)16(10)18/h2-7,13,15H,8,19H2,1H3/t13-,15?/m1/s1. The fraction of sp³-hybridized carbons (Fsp3) is 0.250. The zero-order valence-corrected chi connectivity index (χ0v) is 12.2. The third kappa shape index (κ3) is 2.57.